The molecule has 0 aliphatic carbocycles. The number of anilines is 1. The molecule has 0 bridgehead atoms. The molecule has 7 nitrogen and oxygen atoms in total. The molecule has 9 heteroatoms. The maximum absolute atomic E-state index is 13.7. The van der Waals surface area contributed by atoms with Gasteiger partial charge in [-0.1, -0.05) is 48.0 Å². The summed E-state index contributed by atoms with van der Waals surface area (Å²) in [6, 6.07) is 19.9. The van der Waals surface area contributed by atoms with E-state index in [9.17, 15) is 22.4 Å². The summed E-state index contributed by atoms with van der Waals surface area (Å²) in [4.78, 5) is 27.7. The van der Waals surface area contributed by atoms with Crippen molar-refractivity contribution in [1.29, 1.82) is 0 Å². The molecule has 0 unspecified atom stereocenters. The van der Waals surface area contributed by atoms with Gasteiger partial charge in [0.25, 0.3) is 10.0 Å². The Morgan fingerprint density at radius 3 is 2.16 bits per heavy atom. The van der Waals surface area contributed by atoms with Gasteiger partial charge in [0.1, 0.15) is 18.4 Å². The van der Waals surface area contributed by atoms with Gasteiger partial charge in [0.05, 0.1) is 10.6 Å². The van der Waals surface area contributed by atoms with Gasteiger partial charge < -0.3 is 10.2 Å². The molecule has 0 saturated heterocycles. The standard InChI is InChI=1S/C28H32FN3O4S/c1-4-30-28(34)22(3)31(19-18-23-8-6-5-7-9-23)27(33)20-32(25-14-12-24(29)13-15-25)37(35,36)26-16-10-21(2)11-17-26/h5-17,22H,4,18-20H2,1-3H3,(H,30,34)/t22-/m1/s1. The van der Waals surface area contributed by atoms with Crippen LogP contribution in [0.5, 0.6) is 0 Å². The van der Waals surface area contributed by atoms with Crippen molar-refractivity contribution < 1.29 is 22.4 Å². The third kappa shape index (κ3) is 7.16. The van der Waals surface area contributed by atoms with Crippen LogP contribution in [-0.2, 0) is 26.0 Å². The highest BCUT2D eigenvalue weighted by molar-refractivity contribution is 7.92. The summed E-state index contributed by atoms with van der Waals surface area (Å²) in [6.07, 6.45) is 0.484. The van der Waals surface area contributed by atoms with Crippen molar-refractivity contribution in [3.63, 3.8) is 0 Å². The lowest BCUT2D eigenvalue weighted by molar-refractivity contribution is -0.138. The number of carbonyl (C=O) groups is 2. The van der Waals surface area contributed by atoms with E-state index in [-0.39, 0.29) is 23.0 Å². The molecule has 0 spiro atoms. The van der Waals surface area contributed by atoms with Crippen molar-refractivity contribution in [3.8, 4) is 0 Å². The fraction of sp³-hybridized carbons (Fsp3) is 0.286. The Morgan fingerprint density at radius 2 is 1.57 bits per heavy atom. The number of amides is 2. The molecule has 1 atom stereocenters. The molecule has 0 aliphatic rings. The summed E-state index contributed by atoms with van der Waals surface area (Å²) < 4.78 is 41.9. The van der Waals surface area contributed by atoms with Crippen molar-refractivity contribution >= 4 is 27.5 Å². The number of carbonyl (C=O) groups excluding carboxylic acids is 2. The minimum absolute atomic E-state index is 0.00263. The summed E-state index contributed by atoms with van der Waals surface area (Å²) in [5, 5.41) is 2.73. The van der Waals surface area contributed by atoms with E-state index in [0.29, 0.717) is 13.0 Å². The van der Waals surface area contributed by atoms with E-state index in [0.717, 1.165) is 27.6 Å². The lowest BCUT2D eigenvalue weighted by Crippen LogP contribution is -2.52. The Bertz CT molecular complexity index is 1300. The minimum atomic E-state index is -4.17. The highest BCUT2D eigenvalue weighted by Gasteiger charge is 2.32. The van der Waals surface area contributed by atoms with Crippen LogP contribution >= 0.6 is 0 Å². The molecule has 196 valence electrons. The number of sulfonamides is 1. The molecule has 1 N–H and O–H groups in total. The number of benzene rings is 3. The van der Waals surface area contributed by atoms with Crippen LogP contribution in [-0.4, -0.2) is 50.8 Å². The van der Waals surface area contributed by atoms with Crippen LogP contribution in [0.4, 0.5) is 10.1 Å². The smallest absolute Gasteiger partial charge is 0.264 e. The maximum atomic E-state index is 13.7. The second kappa shape index (κ2) is 12.5. The third-order valence-corrected chi connectivity index (χ3v) is 7.79. The molecular weight excluding hydrogens is 493 g/mol. The van der Waals surface area contributed by atoms with Gasteiger partial charge in [-0.25, -0.2) is 12.8 Å². The SMILES string of the molecule is CCNC(=O)[C@@H](C)N(CCc1ccccc1)C(=O)CN(c1ccc(F)cc1)S(=O)(=O)c1ccc(C)cc1. The summed E-state index contributed by atoms with van der Waals surface area (Å²) in [5.41, 5.74) is 2.00. The third-order valence-electron chi connectivity index (χ3n) is 6.00. The van der Waals surface area contributed by atoms with Crippen LogP contribution in [0, 0.1) is 12.7 Å². The molecule has 0 fully saturated rings. The second-order valence-corrected chi connectivity index (χ2v) is 10.6. The number of nitrogens with one attached hydrogen (secondary N) is 1. The Morgan fingerprint density at radius 1 is 0.946 bits per heavy atom. The predicted molar refractivity (Wildman–Crippen MR) is 142 cm³/mol. The first-order valence-corrected chi connectivity index (χ1v) is 13.5. The number of likely N-dealkylation sites (N-methyl/N-ethyl adjacent to an activating group) is 1. The average Bonchev–Trinajstić information content (AvgIpc) is 2.89. The summed E-state index contributed by atoms with van der Waals surface area (Å²) in [7, 11) is -4.17. The van der Waals surface area contributed by atoms with E-state index in [1.807, 2.05) is 37.3 Å². The van der Waals surface area contributed by atoms with Crippen LogP contribution in [0.1, 0.15) is 25.0 Å². The van der Waals surface area contributed by atoms with Gasteiger partial charge >= 0.3 is 0 Å². The Balaban J connectivity index is 1.96. The second-order valence-electron chi connectivity index (χ2n) is 8.69. The molecule has 2 amide bonds. The van der Waals surface area contributed by atoms with E-state index in [1.54, 1.807) is 26.0 Å². The van der Waals surface area contributed by atoms with Crippen LogP contribution < -0.4 is 9.62 Å². The first kappa shape index (κ1) is 27.9. The summed E-state index contributed by atoms with van der Waals surface area (Å²) >= 11 is 0. The van der Waals surface area contributed by atoms with Crippen LogP contribution in [0.2, 0.25) is 0 Å². The topological polar surface area (TPSA) is 86.8 Å². The molecule has 3 aromatic rings. The number of aryl methyl sites for hydroxylation is 1. The minimum Gasteiger partial charge on any atom is -0.355 e. The van der Waals surface area contributed by atoms with E-state index in [1.165, 1.54) is 29.2 Å². The average molecular weight is 526 g/mol. The zero-order valence-corrected chi connectivity index (χ0v) is 22.0. The number of rotatable bonds is 11. The zero-order valence-electron chi connectivity index (χ0n) is 21.2. The van der Waals surface area contributed by atoms with Crippen LogP contribution in [0.25, 0.3) is 0 Å². The van der Waals surface area contributed by atoms with Gasteiger partial charge in [0.15, 0.2) is 0 Å². The van der Waals surface area contributed by atoms with Gasteiger partial charge in [-0.15, -0.1) is 0 Å². The summed E-state index contributed by atoms with van der Waals surface area (Å²) in [5.74, 6) is -1.41. The van der Waals surface area contributed by atoms with Crippen LogP contribution in [0.15, 0.2) is 83.8 Å². The van der Waals surface area contributed by atoms with Gasteiger partial charge in [-0.3, -0.25) is 13.9 Å². The number of hydrogen-bond acceptors (Lipinski definition) is 4. The molecule has 0 radical (unpaired) electrons. The maximum Gasteiger partial charge on any atom is 0.264 e. The molecule has 0 heterocycles. The van der Waals surface area contributed by atoms with E-state index in [4.69, 9.17) is 0 Å². The first-order chi connectivity index (χ1) is 17.6. The Hall–Kier alpha value is -3.72. The van der Waals surface area contributed by atoms with Crippen molar-refractivity contribution in [2.45, 2.75) is 38.1 Å². The van der Waals surface area contributed by atoms with Crippen molar-refractivity contribution in [1.82, 2.24) is 10.2 Å². The Labute approximate surface area is 218 Å². The summed E-state index contributed by atoms with van der Waals surface area (Å²) in [6.45, 7) is 5.29. The van der Waals surface area contributed by atoms with Crippen molar-refractivity contribution in [3.05, 3.63) is 95.8 Å². The van der Waals surface area contributed by atoms with Gasteiger partial charge in [0, 0.05) is 13.1 Å². The highest BCUT2D eigenvalue weighted by Crippen LogP contribution is 2.25. The molecule has 37 heavy (non-hydrogen) atoms. The molecule has 3 aromatic carbocycles. The molecule has 0 aromatic heterocycles. The van der Waals surface area contributed by atoms with Gasteiger partial charge in [-0.2, -0.15) is 0 Å². The van der Waals surface area contributed by atoms with E-state index in [2.05, 4.69) is 5.32 Å². The first-order valence-electron chi connectivity index (χ1n) is 12.1. The zero-order chi connectivity index (χ0) is 27.0. The highest BCUT2D eigenvalue weighted by atomic mass is 32.2. The van der Waals surface area contributed by atoms with Crippen LogP contribution in [0.3, 0.4) is 0 Å². The quantitative estimate of drug-likeness (QED) is 0.411. The normalized spacial score (nSPS) is 12.0. The number of hydrogen-bond donors (Lipinski definition) is 1. The molecule has 0 aliphatic heterocycles. The predicted octanol–water partition coefficient (Wildman–Crippen LogP) is 3.93. The van der Waals surface area contributed by atoms with Gasteiger partial charge in [-0.05, 0) is 69.2 Å². The molecule has 0 saturated carbocycles. The monoisotopic (exact) mass is 525 g/mol. The number of halogens is 1. The van der Waals surface area contributed by atoms with Crippen molar-refractivity contribution in [2.24, 2.45) is 0 Å². The van der Waals surface area contributed by atoms with E-state index >= 15 is 0 Å². The molecule has 3 rings (SSSR count). The Kier molecular flexibility index (Phi) is 9.41. The van der Waals surface area contributed by atoms with E-state index < -0.39 is 34.3 Å². The largest absolute Gasteiger partial charge is 0.355 e. The van der Waals surface area contributed by atoms with Gasteiger partial charge in [0.2, 0.25) is 11.8 Å². The fourth-order valence-corrected chi connectivity index (χ4v) is 5.28. The fourth-order valence-electron chi connectivity index (χ4n) is 3.87. The lowest BCUT2D eigenvalue weighted by atomic mass is 10.1. The molecular formula is C28H32FN3O4S. The van der Waals surface area contributed by atoms with Crippen molar-refractivity contribution in [2.75, 3.05) is 23.9 Å². The lowest BCUT2D eigenvalue weighted by Gasteiger charge is -2.32. The number of nitrogens with zero attached hydrogens (tertiary/aromatic N) is 2.